The van der Waals surface area contributed by atoms with E-state index in [0.29, 0.717) is 12.2 Å². The van der Waals surface area contributed by atoms with Crippen LogP contribution in [0.15, 0.2) is 12.1 Å². The van der Waals surface area contributed by atoms with Gasteiger partial charge in [0.15, 0.2) is 5.69 Å². The van der Waals surface area contributed by atoms with Crippen molar-refractivity contribution >= 4 is 17.7 Å². The maximum absolute atomic E-state index is 10.9. The first-order valence-electron chi connectivity index (χ1n) is 6.07. The number of ether oxygens (including phenoxy) is 1. The van der Waals surface area contributed by atoms with Gasteiger partial charge in [-0.3, -0.25) is 9.59 Å². The van der Waals surface area contributed by atoms with Crippen LogP contribution in [-0.2, 0) is 9.53 Å². The monoisotopic (exact) mass is 266 g/mol. The molecule has 1 heterocycles. The molecule has 7 nitrogen and oxygen atoms in total. The Kier molecular flexibility index (Phi) is 6.28. The summed E-state index contributed by atoms with van der Waals surface area (Å²) in [4.78, 5) is 21.6. The van der Waals surface area contributed by atoms with Crippen LogP contribution in [0.5, 0.6) is 0 Å². The Hall–Kier alpha value is -2.18. The molecule has 0 saturated carbocycles. The highest BCUT2D eigenvalue weighted by Gasteiger charge is 2.02. The maximum Gasteiger partial charge on any atom is 0.305 e. The first kappa shape index (κ1) is 14.9. The molecule has 0 aromatic carbocycles. The van der Waals surface area contributed by atoms with Gasteiger partial charge in [-0.1, -0.05) is 6.42 Å². The molecule has 0 fully saturated rings. The summed E-state index contributed by atoms with van der Waals surface area (Å²) in [6.45, 7) is 0.728. The number of hydrogen-bond acceptors (Lipinski definition) is 6. The number of nitrogens with one attached hydrogen (secondary N) is 1. The zero-order valence-corrected chi connectivity index (χ0v) is 10.9. The second-order valence-corrected chi connectivity index (χ2v) is 3.98. The predicted octanol–water partition coefficient (Wildman–Crippen LogP) is 0.721. The zero-order valence-electron chi connectivity index (χ0n) is 10.9. The van der Waals surface area contributed by atoms with Gasteiger partial charge in [-0.25, -0.2) is 0 Å². The van der Waals surface area contributed by atoms with Gasteiger partial charge >= 0.3 is 5.97 Å². The third-order valence-corrected chi connectivity index (χ3v) is 2.51. The fraction of sp³-hybridized carbons (Fsp3) is 0.500. The van der Waals surface area contributed by atoms with E-state index < -0.39 is 5.91 Å². The lowest BCUT2D eigenvalue weighted by Crippen LogP contribution is -2.14. The largest absolute Gasteiger partial charge is 0.469 e. The molecule has 0 bridgehead atoms. The maximum atomic E-state index is 10.9. The topological polar surface area (TPSA) is 107 Å². The lowest BCUT2D eigenvalue weighted by Gasteiger charge is -2.04. The molecule has 0 saturated heterocycles. The van der Waals surface area contributed by atoms with Crippen LogP contribution in [0.4, 0.5) is 5.82 Å². The molecule has 0 spiro atoms. The van der Waals surface area contributed by atoms with Gasteiger partial charge in [0.2, 0.25) is 0 Å². The number of anilines is 1. The average molecular weight is 266 g/mol. The number of esters is 1. The molecule has 1 rings (SSSR count). The molecule has 1 aromatic rings. The Morgan fingerprint density at radius 1 is 1.26 bits per heavy atom. The van der Waals surface area contributed by atoms with Crippen LogP contribution in [0.2, 0.25) is 0 Å². The van der Waals surface area contributed by atoms with E-state index in [-0.39, 0.29) is 11.7 Å². The first-order valence-corrected chi connectivity index (χ1v) is 6.07. The van der Waals surface area contributed by atoms with E-state index in [2.05, 4.69) is 20.3 Å². The molecule has 104 valence electrons. The lowest BCUT2D eigenvalue weighted by atomic mass is 10.2. The van der Waals surface area contributed by atoms with E-state index in [9.17, 15) is 9.59 Å². The highest BCUT2D eigenvalue weighted by atomic mass is 16.5. The molecule has 0 aliphatic rings. The van der Waals surface area contributed by atoms with Crippen LogP contribution in [0.1, 0.15) is 36.2 Å². The standard InChI is InChI=1S/C12H18N4O3/c1-19-11(17)5-3-2-4-8-14-10-7-6-9(12(13)18)15-16-10/h6-7H,2-5,8H2,1H3,(H2,13,18)(H,14,16). The number of carbonyl (C=O) groups is 2. The number of nitrogens with zero attached hydrogens (tertiary/aromatic N) is 2. The van der Waals surface area contributed by atoms with E-state index in [1.165, 1.54) is 13.2 Å². The van der Waals surface area contributed by atoms with Crippen LogP contribution < -0.4 is 11.1 Å². The summed E-state index contributed by atoms with van der Waals surface area (Å²) in [6, 6.07) is 3.18. The van der Waals surface area contributed by atoms with Gasteiger partial charge in [-0.2, -0.15) is 0 Å². The fourth-order valence-electron chi connectivity index (χ4n) is 1.45. The normalized spacial score (nSPS) is 9.95. The predicted molar refractivity (Wildman–Crippen MR) is 69.5 cm³/mol. The van der Waals surface area contributed by atoms with Gasteiger partial charge in [0.05, 0.1) is 7.11 Å². The summed E-state index contributed by atoms with van der Waals surface area (Å²) < 4.78 is 4.55. The van der Waals surface area contributed by atoms with E-state index >= 15 is 0 Å². The second-order valence-electron chi connectivity index (χ2n) is 3.98. The van der Waals surface area contributed by atoms with Gasteiger partial charge in [-0.05, 0) is 25.0 Å². The van der Waals surface area contributed by atoms with E-state index in [4.69, 9.17) is 5.73 Å². The highest BCUT2D eigenvalue weighted by molar-refractivity contribution is 5.90. The van der Waals surface area contributed by atoms with Crippen molar-refractivity contribution in [3.63, 3.8) is 0 Å². The zero-order chi connectivity index (χ0) is 14.1. The molecule has 0 unspecified atom stereocenters. The van der Waals surface area contributed by atoms with Crippen LogP contribution in [0.25, 0.3) is 0 Å². The number of methoxy groups -OCH3 is 1. The Labute approximate surface area is 111 Å². The molecular formula is C12H18N4O3. The number of primary amides is 1. The second kappa shape index (κ2) is 8.02. The Balaban J connectivity index is 2.15. The van der Waals surface area contributed by atoms with Crippen molar-refractivity contribution in [2.75, 3.05) is 19.0 Å². The molecule has 0 aliphatic heterocycles. The van der Waals surface area contributed by atoms with Gasteiger partial charge in [0.1, 0.15) is 5.82 Å². The fourth-order valence-corrected chi connectivity index (χ4v) is 1.45. The number of carbonyl (C=O) groups excluding carboxylic acids is 2. The molecule has 1 amide bonds. The SMILES string of the molecule is COC(=O)CCCCCNc1ccc(C(N)=O)nn1. The molecular weight excluding hydrogens is 248 g/mol. The number of nitrogens with two attached hydrogens (primary N) is 1. The summed E-state index contributed by atoms with van der Waals surface area (Å²) in [5.41, 5.74) is 5.20. The van der Waals surface area contributed by atoms with Crippen molar-refractivity contribution in [1.82, 2.24) is 10.2 Å². The number of unbranched alkanes of at least 4 members (excludes halogenated alkanes) is 2. The number of aromatic nitrogens is 2. The molecule has 0 atom stereocenters. The minimum atomic E-state index is -0.595. The van der Waals surface area contributed by atoms with Crippen molar-refractivity contribution in [2.45, 2.75) is 25.7 Å². The minimum Gasteiger partial charge on any atom is -0.469 e. The van der Waals surface area contributed by atoms with Crippen molar-refractivity contribution in [2.24, 2.45) is 5.73 Å². The summed E-state index contributed by atoms with van der Waals surface area (Å²) >= 11 is 0. The van der Waals surface area contributed by atoms with Crippen LogP contribution in [0, 0.1) is 0 Å². The van der Waals surface area contributed by atoms with Crippen LogP contribution in [0.3, 0.4) is 0 Å². The van der Waals surface area contributed by atoms with E-state index in [1.54, 1.807) is 6.07 Å². The molecule has 3 N–H and O–H groups in total. The van der Waals surface area contributed by atoms with Gasteiger partial charge in [0.25, 0.3) is 5.91 Å². The van der Waals surface area contributed by atoms with Gasteiger partial charge in [0, 0.05) is 13.0 Å². The molecule has 1 aromatic heterocycles. The summed E-state index contributed by atoms with van der Waals surface area (Å²) in [7, 11) is 1.39. The minimum absolute atomic E-state index is 0.142. The Morgan fingerprint density at radius 2 is 2.05 bits per heavy atom. The number of amides is 1. The summed E-state index contributed by atoms with van der Waals surface area (Å²) in [5.74, 6) is -0.180. The lowest BCUT2D eigenvalue weighted by molar-refractivity contribution is -0.140. The van der Waals surface area contributed by atoms with E-state index in [1.807, 2.05) is 0 Å². The summed E-state index contributed by atoms with van der Waals surface area (Å²) in [5, 5.41) is 10.6. The van der Waals surface area contributed by atoms with Crippen molar-refractivity contribution in [1.29, 1.82) is 0 Å². The van der Waals surface area contributed by atoms with Crippen molar-refractivity contribution in [3.8, 4) is 0 Å². The van der Waals surface area contributed by atoms with Gasteiger partial charge < -0.3 is 15.8 Å². The Morgan fingerprint density at radius 3 is 2.63 bits per heavy atom. The third kappa shape index (κ3) is 5.80. The van der Waals surface area contributed by atoms with Crippen LogP contribution >= 0.6 is 0 Å². The van der Waals surface area contributed by atoms with Gasteiger partial charge in [-0.15, -0.1) is 10.2 Å². The highest BCUT2D eigenvalue weighted by Crippen LogP contribution is 2.04. The average Bonchev–Trinajstić information content (AvgIpc) is 2.42. The molecule has 0 aliphatic carbocycles. The Bertz CT molecular complexity index is 419. The quantitative estimate of drug-likeness (QED) is 0.530. The smallest absolute Gasteiger partial charge is 0.305 e. The molecule has 0 radical (unpaired) electrons. The third-order valence-electron chi connectivity index (χ3n) is 2.51. The molecule has 7 heteroatoms. The van der Waals surface area contributed by atoms with E-state index in [0.717, 1.165) is 25.8 Å². The first-order chi connectivity index (χ1) is 9.13. The van der Waals surface area contributed by atoms with Crippen molar-refractivity contribution < 1.29 is 14.3 Å². The van der Waals surface area contributed by atoms with Crippen LogP contribution in [-0.4, -0.2) is 35.7 Å². The molecule has 19 heavy (non-hydrogen) atoms. The number of hydrogen-bond donors (Lipinski definition) is 2. The van der Waals surface area contributed by atoms with Crippen molar-refractivity contribution in [3.05, 3.63) is 17.8 Å². The summed E-state index contributed by atoms with van der Waals surface area (Å²) in [6.07, 6.45) is 3.09. The number of rotatable bonds is 8.